The maximum Gasteiger partial charge on any atom is 0.252 e. The zero-order chi connectivity index (χ0) is 17.2. The maximum atomic E-state index is 12.9. The van der Waals surface area contributed by atoms with Crippen LogP contribution >= 0.6 is 0 Å². The number of pyridine rings is 1. The standard InChI is InChI=1S/C20H21N3O2/c21-13-7-9-14(10-8-13)22-20(24)16-12-18(19-6-3-11-25-19)23-17-5-2-1-4-15(16)17/h1-6,11-14H,7-10,21H2,(H,22,24). The van der Waals surface area contributed by atoms with Crippen molar-refractivity contribution in [3.63, 3.8) is 0 Å². The molecule has 0 bridgehead atoms. The van der Waals surface area contributed by atoms with Gasteiger partial charge >= 0.3 is 0 Å². The van der Waals surface area contributed by atoms with Crippen molar-refractivity contribution >= 4 is 16.8 Å². The first kappa shape index (κ1) is 15.8. The summed E-state index contributed by atoms with van der Waals surface area (Å²) in [4.78, 5) is 17.6. The van der Waals surface area contributed by atoms with Crippen molar-refractivity contribution in [1.82, 2.24) is 10.3 Å². The molecule has 3 aromatic rings. The van der Waals surface area contributed by atoms with E-state index in [0.717, 1.165) is 36.6 Å². The Kier molecular flexibility index (Phi) is 4.24. The van der Waals surface area contributed by atoms with Crippen LogP contribution in [0.2, 0.25) is 0 Å². The lowest BCUT2D eigenvalue weighted by Crippen LogP contribution is -2.40. The molecular weight excluding hydrogens is 314 g/mol. The molecule has 25 heavy (non-hydrogen) atoms. The number of nitrogens with one attached hydrogen (secondary N) is 1. The summed E-state index contributed by atoms with van der Waals surface area (Å²) >= 11 is 0. The fourth-order valence-electron chi connectivity index (χ4n) is 3.44. The normalized spacial score (nSPS) is 20.5. The number of carbonyl (C=O) groups is 1. The van der Waals surface area contributed by atoms with Crippen LogP contribution in [0.3, 0.4) is 0 Å². The van der Waals surface area contributed by atoms with Gasteiger partial charge in [0.1, 0.15) is 5.69 Å². The average Bonchev–Trinajstić information content (AvgIpc) is 3.17. The number of furan rings is 1. The fraction of sp³-hybridized carbons (Fsp3) is 0.300. The van der Waals surface area contributed by atoms with Crippen molar-refractivity contribution in [3.8, 4) is 11.5 Å². The first-order valence-corrected chi connectivity index (χ1v) is 8.71. The largest absolute Gasteiger partial charge is 0.463 e. The van der Waals surface area contributed by atoms with Crippen molar-refractivity contribution in [3.05, 3.63) is 54.3 Å². The van der Waals surface area contributed by atoms with Gasteiger partial charge < -0.3 is 15.5 Å². The number of fused-ring (bicyclic) bond motifs is 1. The molecule has 2 heterocycles. The number of aromatic nitrogens is 1. The van der Waals surface area contributed by atoms with E-state index in [-0.39, 0.29) is 18.0 Å². The fourth-order valence-corrected chi connectivity index (χ4v) is 3.44. The van der Waals surface area contributed by atoms with Gasteiger partial charge in [-0.1, -0.05) is 18.2 Å². The molecule has 2 aromatic heterocycles. The summed E-state index contributed by atoms with van der Waals surface area (Å²) in [5, 5.41) is 4.02. The van der Waals surface area contributed by atoms with E-state index in [1.165, 1.54) is 0 Å². The minimum atomic E-state index is -0.0631. The zero-order valence-electron chi connectivity index (χ0n) is 13.9. The number of para-hydroxylation sites is 1. The van der Waals surface area contributed by atoms with Crippen LogP contribution < -0.4 is 11.1 Å². The van der Waals surface area contributed by atoms with Gasteiger partial charge in [0.05, 0.1) is 17.3 Å². The molecule has 1 fully saturated rings. The number of benzene rings is 1. The molecule has 1 aromatic carbocycles. The second-order valence-electron chi connectivity index (χ2n) is 6.63. The Morgan fingerprint density at radius 1 is 1.12 bits per heavy atom. The van der Waals surface area contributed by atoms with E-state index in [9.17, 15) is 4.79 Å². The summed E-state index contributed by atoms with van der Waals surface area (Å²) in [7, 11) is 0. The van der Waals surface area contributed by atoms with Gasteiger partial charge in [0.25, 0.3) is 5.91 Å². The summed E-state index contributed by atoms with van der Waals surface area (Å²) in [6, 6.07) is 13.6. The van der Waals surface area contributed by atoms with Gasteiger partial charge in [-0.05, 0) is 49.9 Å². The molecule has 3 N–H and O–H groups in total. The Bertz CT molecular complexity index is 881. The van der Waals surface area contributed by atoms with Crippen molar-refractivity contribution in [2.24, 2.45) is 5.73 Å². The molecule has 0 aliphatic heterocycles. The quantitative estimate of drug-likeness (QED) is 0.767. The average molecular weight is 335 g/mol. The lowest BCUT2D eigenvalue weighted by atomic mass is 9.91. The third-order valence-corrected chi connectivity index (χ3v) is 4.84. The number of rotatable bonds is 3. The molecule has 0 spiro atoms. The summed E-state index contributed by atoms with van der Waals surface area (Å²) in [6.45, 7) is 0. The number of nitrogens with two attached hydrogens (primary N) is 1. The minimum Gasteiger partial charge on any atom is -0.463 e. The molecule has 5 nitrogen and oxygen atoms in total. The molecule has 1 saturated carbocycles. The van der Waals surface area contributed by atoms with Gasteiger partial charge in [-0.25, -0.2) is 4.98 Å². The van der Waals surface area contributed by atoms with Crippen LogP contribution in [-0.2, 0) is 0 Å². The Labute approximate surface area is 146 Å². The molecule has 1 amide bonds. The first-order chi connectivity index (χ1) is 12.2. The number of hydrogen-bond acceptors (Lipinski definition) is 4. The lowest BCUT2D eigenvalue weighted by molar-refractivity contribution is 0.0927. The summed E-state index contributed by atoms with van der Waals surface area (Å²) in [5.74, 6) is 0.593. The summed E-state index contributed by atoms with van der Waals surface area (Å²) in [6.07, 6.45) is 5.39. The van der Waals surface area contributed by atoms with Crippen molar-refractivity contribution in [1.29, 1.82) is 0 Å². The van der Waals surface area contributed by atoms with E-state index in [0.29, 0.717) is 17.0 Å². The topological polar surface area (TPSA) is 81.1 Å². The molecule has 0 atom stereocenters. The smallest absolute Gasteiger partial charge is 0.252 e. The van der Waals surface area contributed by atoms with Crippen LogP contribution in [0.25, 0.3) is 22.4 Å². The second kappa shape index (κ2) is 6.69. The molecule has 0 unspecified atom stereocenters. The Morgan fingerprint density at radius 3 is 2.68 bits per heavy atom. The summed E-state index contributed by atoms with van der Waals surface area (Å²) < 4.78 is 5.46. The van der Waals surface area contributed by atoms with Crippen LogP contribution in [0.1, 0.15) is 36.0 Å². The molecule has 1 aliphatic rings. The van der Waals surface area contributed by atoms with Gasteiger partial charge in [0, 0.05) is 17.5 Å². The van der Waals surface area contributed by atoms with Crippen molar-refractivity contribution in [2.45, 2.75) is 37.8 Å². The predicted octanol–water partition coefficient (Wildman–Crippen LogP) is 3.49. The van der Waals surface area contributed by atoms with E-state index in [1.54, 1.807) is 6.26 Å². The van der Waals surface area contributed by atoms with Crippen LogP contribution in [0, 0.1) is 0 Å². The highest BCUT2D eigenvalue weighted by Crippen LogP contribution is 2.26. The highest BCUT2D eigenvalue weighted by Gasteiger charge is 2.22. The lowest BCUT2D eigenvalue weighted by Gasteiger charge is -2.27. The molecule has 5 heteroatoms. The first-order valence-electron chi connectivity index (χ1n) is 8.71. The molecule has 1 aliphatic carbocycles. The summed E-state index contributed by atoms with van der Waals surface area (Å²) in [5.41, 5.74) is 8.04. The van der Waals surface area contributed by atoms with E-state index in [2.05, 4.69) is 10.3 Å². The molecule has 0 saturated heterocycles. The Morgan fingerprint density at radius 2 is 1.92 bits per heavy atom. The van der Waals surface area contributed by atoms with Gasteiger partial charge in [-0.15, -0.1) is 0 Å². The van der Waals surface area contributed by atoms with Crippen LogP contribution in [0.4, 0.5) is 0 Å². The minimum absolute atomic E-state index is 0.0631. The van der Waals surface area contributed by atoms with E-state index >= 15 is 0 Å². The Hall–Kier alpha value is -2.66. The number of hydrogen-bond donors (Lipinski definition) is 2. The van der Waals surface area contributed by atoms with Crippen LogP contribution in [-0.4, -0.2) is 23.0 Å². The van der Waals surface area contributed by atoms with Crippen LogP contribution in [0.5, 0.6) is 0 Å². The van der Waals surface area contributed by atoms with Gasteiger partial charge in [0.15, 0.2) is 5.76 Å². The van der Waals surface area contributed by atoms with Gasteiger partial charge in [-0.3, -0.25) is 4.79 Å². The maximum absolute atomic E-state index is 12.9. The number of amides is 1. The third kappa shape index (κ3) is 3.28. The van der Waals surface area contributed by atoms with E-state index in [1.807, 2.05) is 42.5 Å². The molecule has 128 valence electrons. The molecular formula is C20H21N3O2. The van der Waals surface area contributed by atoms with Crippen LogP contribution in [0.15, 0.2) is 53.1 Å². The third-order valence-electron chi connectivity index (χ3n) is 4.84. The highest BCUT2D eigenvalue weighted by molar-refractivity contribution is 6.07. The molecule has 4 rings (SSSR count). The SMILES string of the molecule is NC1CCC(NC(=O)c2cc(-c3ccco3)nc3ccccc23)CC1. The van der Waals surface area contributed by atoms with Gasteiger partial charge in [-0.2, -0.15) is 0 Å². The van der Waals surface area contributed by atoms with Gasteiger partial charge in [0.2, 0.25) is 0 Å². The highest BCUT2D eigenvalue weighted by atomic mass is 16.3. The predicted molar refractivity (Wildman–Crippen MR) is 97.1 cm³/mol. The second-order valence-corrected chi connectivity index (χ2v) is 6.63. The Balaban J connectivity index is 1.68. The monoisotopic (exact) mass is 335 g/mol. The number of nitrogens with zero attached hydrogens (tertiary/aromatic N) is 1. The van der Waals surface area contributed by atoms with E-state index < -0.39 is 0 Å². The van der Waals surface area contributed by atoms with Crippen molar-refractivity contribution < 1.29 is 9.21 Å². The number of carbonyl (C=O) groups excluding carboxylic acids is 1. The zero-order valence-corrected chi connectivity index (χ0v) is 13.9. The van der Waals surface area contributed by atoms with E-state index in [4.69, 9.17) is 10.2 Å². The molecule has 0 radical (unpaired) electrons. The van der Waals surface area contributed by atoms with Crippen molar-refractivity contribution in [2.75, 3.05) is 0 Å².